The van der Waals surface area contributed by atoms with E-state index in [-0.39, 0.29) is 18.3 Å². The van der Waals surface area contributed by atoms with Gasteiger partial charge in [0.1, 0.15) is 12.4 Å². The largest absolute Gasteiger partial charge is 0.490 e. The Kier molecular flexibility index (Phi) is 6.57. The Morgan fingerprint density at radius 2 is 2.04 bits per heavy atom. The van der Waals surface area contributed by atoms with Gasteiger partial charge >= 0.3 is 5.97 Å². The summed E-state index contributed by atoms with van der Waals surface area (Å²) >= 11 is 1.48. The molecule has 1 heterocycles. The summed E-state index contributed by atoms with van der Waals surface area (Å²) in [6.45, 7) is 3.99. The maximum Gasteiger partial charge on any atom is 0.307 e. The van der Waals surface area contributed by atoms with Crippen molar-refractivity contribution in [2.45, 2.75) is 12.5 Å². The minimum absolute atomic E-state index is 0.0866. The van der Waals surface area contributed by atoms with Crippen LogP contribution in [0.3, 0.4) is 0 Å². The third-order valence-electron chi connectivity index (χ3n) is 3.27. The van der Waals surface area contributed by atoms with Crippen molar-refractivity contribution in [3.05, 3.63) is 64.9 Å². The van der Waals surface area contributed by atoms with E-state index in [0.29, 0.717) is 17.9 Å². The number of hydrogen-bond acceptors (Lipinski definition) is 5. The van der Waals surface area contributed by atoms with Gasteiger partial charge in [-0.15, -0.1) is 11.3 Å². The number of benzene rings is 1. The second-order valence-corrected chi connectivity index (χ2v) is 5.93. The fourth-order valence-corrected chi connectivity index (χ4v) is 2.84. The van der Waals surface area contributed by atoms with Gasteiger partial charge in [0.05, 0.1) is 19.6 Å². The molecule has 1 unspecified atom stereocenters. The Bertz CT molecular complexity index is 680. The number of thiophene rings is 1. The lowest BCUT2D eigenvalue weighted by Crippen LogP contribution is -2.30. The van der Waals surface area contributed by atoms with Crippen molar-refractivity contribution < 1.29 is 19.1 Å². The van der Waals surface area contributed by atoms with Crippen LogP contribution in [0.15, 0.2) is 54.4 Å². The SMILES string of the molecule is C=CCOc1ccc(C(=O)NC(CC(=O)OC)c2cccs2)cc1. The predicted molar refractivity (Wildman–Crippen MR) is 93.3 cm³/mol. The Hall–Kier alpha value is -2.60. The number of nitrogens with one attached hydrogen (secondary N) is 1. The van der Waals surface area contributed by atoms with Crippen LogP contribution >= 0.6 is 11.3 Å². The molecule has 24 heavy (non-hydrogen) atoms. The molecule has 0 spiro atoms. The molecule has 1 atom stereocenters. The zero-order chi connectivity index (χ0) is 17.4. The molecule has 0 fully saturated rings. The Balaban J connectivity index is 2.06. The Morgan fingerprint density at radius 1 is 1.29 bits per heavy atom. The zero-order valence-electron chi connectivity index (χ0n) is 13.4. The first kappa shape index (κ1) is 17.7. The van der Waals surface area contributed by atoms with E-state index in [4.69, 9.17) is 9.47 Å². The third-order valence-corrected chi connectivity index (χ3v) is 4.26. The van der Waals surface area contributed by atoms with Crippen molar-refractivity contribution in [2.75, 3.05) is 13.7 Å². The van der Waals surface area contributed by atoms with Crippen molar-refractivity contribution >= 4 is 23.2 Å². The number of esters is 1. The molecule has 2 aromatic rings. The molecule has 1 aromatic heterocycles. The number of rotatable bonds is 8. The van der Waals surface area contributed by atoms with Crippen LogP contribution in [0.4, 0.5) is 0 Å². The zero-order valence-corrected chi connectivity index (χ0v) is 14.2. The van der Waals surface area contributed by atoms with Crippen LogP contribution in [0.2, 0.25) is 0 Å². The molecular formula is C18H19NO4S. The van der Waals surface area contributed by atoms with E-state index in [2.05, 4.69) is 11.9 Å². The summed E-state index contributed by atoms with van der Waals surface area (Å²) in [4.78, 5) is 24.9. The number of amides is 1. The van der Waals surface area contributed by atoms with E-state index in [1.54, 1.807) is 30.3 Å². The molecule has 0 saturated heterocycles. The summed E-state index contributed by atoms with van der Waals surface area (Å²) in [5, 5.41) is 4.78. The minimum Gasteiger partial charge on any atom is -0.490 e. The highest BCUT2D eigenvalue weighted by molar-refractivity contribution is 7.10. The average Bonchev–Trinajstić information content (AvgIpc) is 3.14. The first-order valence-corrected chi connectivity index (χ1v) is 8.27. The first-order valence-electron chi connectivity index (χ1n) is 7.39. The van der Waals surface area contributed by atoms with Gasteiger partial charge in [-0.2, -0.15) is 0 Å². The van der Waals surface area contributed by atoms with Crippen LogP contribution in [0, 0.1) is 0 Å². The summed E-state index contributed by atoms with van der Waals surface area (Å²) in [5.74, 6) is 0.0327. The maximum atomic E-state index is 12.4. The molecule has 0 aliphatic rings. The van der Waals surface area contributed by atoms with Gasteiger partial charge in [0.15, 0.2) is 0 Å². The third kappa shape index (κ3) is 4.96. The standard InChI is InChI=1S/C18H19NO4S/c1-3-10-23-14-8-6-13(7-9-14)18(21)19-15(12-17(20)22-2)16-5-4-11-24-16/h3-9,11,15H,1,10,12H2,2H3,(H,19,21). The van der Waals surface area contributed by atoms with Gasteiger partial charge in [-0.1, -0.05) is 18.7 Å². The monoisotopic (exact) mass is 345 g/mol. The molecular weight excluding hydrogens is 326 g/mol. The fraction of sp³-hybridized carbons (Fsp3) is 0.222. The van der Waals surface area contributed by atoms with Crippen molar-refractivity contribution in [3.8, 4) is 5.75 Å². The molecule has 5 nitrogen and oxygen atoms in total. The highest BCUT2D eigenvalue weighted by atomic mass is 32.1. The molecule has 0 aliphatic carbocycles. The summed E-state index contributed by atoms with van der Waals surface area (Å²) in [5.41, 5.74) is 0.493. The van der Waals surface area contributed by atoms with Gasteiger partial charge in [0.25, 0.3) is 5.91 Å². The van der Waals surface area contributed by atoms with Crippen molar-refractivity contribution in [2.24, 2.45) is 0 Å². The van der Waals surface area contributed by atoms with Gasteiger partial charge < -0.3 is 14.8 Å². The topological polar surface area (TPSA) is 64.6 Å². The highest BCUT2D eigenvalue weighted by Gasteiger charge is 2.20. The van der Waals surface area contributed by atoms with Crippen LogP contribution in [-0.4, -0.2) is 25.6 Å². The molecule has 0 radical (unpaired) electrons. The first-order chi connectivity index (χ1) is 11.6. The summed E-state index contributed by atoms with van der Waals surface area (Å²) in [6.07, 6.45) is 1.74. The predicted octanol–water partition coefficient (Wildman–Crippen LogP) is 3.35. The molecule has 1 amide bonds. The number of hydrogen-bond donors (Lipinski definition) is 1. The van der Waals surface area contributed by atoms with Crippen molar-refractivity contribution in [3.63, 3.8) is 0 Å². The molecule has 0 bridgehead atoms. The number of ether oxygens (including phenoxy) is 2. The van der Waals surface area contributed by atoms with Crippen LogP contribution in [0.25, 0.3) is 0 Å². The van der Waals surface area contributed by atoms with E-state index in [9.17, 15) is 9.59 Å². The summed E-state index contributed by atoms with van der Waals surface area (Å²) < 4.78 is 10.1. The van der Waals surface area contributed by atoms with E-state index in [1.165, 1.54) is 18.4 Å². The summed E-state index contributed by atoms with van der Waals surface area (Å²) in [7, 11) is 1.33. The van der Waals surface area contributed by atoms with E-state index >= 15 is 0 Å². The second kappa shape index (κ2) is 8.88. The van der Waals surface area contributed by atoms with Crippen LogP contribution in [0.1, 0.15) is 27.7 Å². The van der Waals surface area contributed by atoms with Crippen LogP contribution < -0.4 is 10.1 Å². The van der Waals surface area contributed by atoms with Crippen LogP contribution in [0.5, 0.6) is 5.75 Å². The minimum atomic E-state index is -0.415. The molecule has 1 N–H and O–H groups in total. The Labute approximate surface area is 144 Å². The Morgan fingerprint density at radius 3 is 2.62 bits per heavy atom. The summed E-state index contributed by atoms with van der Waals surface area (Å²) in [6, 6.07) is 10.1. The molecule has 6 heteroatoms. The van der Waals surface area contributed by atoms with Gasteiger partial charge in [-0.25, -0.2) is 0 Å². The molecule has 0 aliphatic heterocycles. The second-order valence-electron chi connectivity index (χ2n) is 4.95. The lowest BCUT2D eigenvalue weighted by molar-refractivity contribution is -0.141. The number of carbonyl (C=O) groups is 2. The molecule has 2 rings (SSSR count). The molecule has 0 saturated carbocycles. The average molecular weight is 345 g/mol. The van der Waals surface area contributed by atoms with Crippen molar-refractivity contribution in [1.29, 1.82) is 0 Å². The van der Waals surface area contributed by atoms with Gasteiger partial charge in [0, 0.05) is 10.4 Å². The van der Waals surface area contributed by atoms with E-state index in [0.717, 1.165) is 4.88 Å². The number of carbonyl (C=O) groups excluding carboxylic acids is 2. The van der Waals surface area contributed by atoms with Gasteiger partial charge in [-0.3, -0.25) is 9.59 Å². The molecule has 1 aromatic carbocycles. The van der Waals surface area contributed by atoms with E-state index in [1.807, 2.05) is 17.5 Å². The normalized spacial score (nSPS) is 11.4. The molecule has 126 valence electrons. The maximum absolute atomic E-state index is 12.4. The quantitative estimate of drug-likeness (QED) is 0.589. The fourth-order valence-electron chi connectivity index (χ4n) is 2.06. The van der Waals surface area contributed by atoms with Gasteiger partial charge in [0.2, 0.25) is 0 Å². The lowest BCUT2D eigenvalue weighted by atomic mass is 10.1. The van der Waals surface area contributed by atoms with Crippen molar-refractivity contribution in [1.82, 2.24) is 5.32 Å². The smallest absolute Gasteiger partial charge is 0.307 e. The van der Waals surface area contributed by atoms with E-state index < -0.39 is 6.04 Å². The van der Waals surface area contributed by atoms with Gasteiger partial charge in [-0.05, 0) is 35.7 Å². The van der Waals surface area contributed by atoms with Crippen LogP contribution in [-0.2, 0) is 9.53 Å². The lowest BCUT2D eigenvalue weighted by Gasteiger charge is -2.16. The highest BCUT2D eigenvalue weighted by Crippen LogP contribution is 2.23. The number of methoxy groups -OCH3 is 1.